The van der Waals surface area contributed by atoms with Crippen LogP contribution in [0.4, 0.5) is 5.69 Å². The van der Waals surface area contributed by atoms with Gasteiger partial charge in [-0.25, -0.2) is 8.42 Å². The van der Waals surface area contributed by atoms with Crippen molar-refractivity contribution in [1.29, 1.82) is 0 Å². The third kappa shape index (κ3) is 3.28. The van der Waals surface area contributed by atoms with E-state index in [2.05, 4.69) is 29.3 Å². The van der Waals surface area contributed by atoms with Crippen LogP contribution < -0.4 is 0 Å². The number of rotatable bonds is 3. The summed E-state index contributed by atoms with van der Waals surface area (Å²) in [6, 6.07) is 6.42. The van der Waals surface area contributed by atoms with Crippen LogP contribution >= 0.6 is 12.2 Å². The first-order valence-electron chi connectivity index (χ1n) is 6.22. The Kier molecular flexibility index (Phi) is 4.47. The van der Waals surface area contributed by atoms with E-state index >= 15 is 0 Å². The molecule has 0 amide bonds. The van der Waals surface area contributed by atoms with Crippen LogP contribution in [0.2, 0.25) is 0 Å². The molecular weight excluding hydrogens is 280 g/mol. The van der Waals surface area contributed by atoms with E-state index in [4.69, 9.17) is 0 Å². The Balaban J connectivity index is 2.25. The van der Waals surface area contributed by atoms with Crippen molar-refractivity contribution in [1.82, 2.24) is 4.31 Å². The van der Waals surface area contributed by atoms with E-state index in [1.165, 1.54) is 0 Å². The second kappa shape index (κ2) is 5.92. The topological polar surface area (TPSA) is 49.7 Å². The van der Waals surface area contributed by atoms with E-state index in [-0.39, 0.29) is 0 Å². The normalized spacial score (nSPS) is 20.8. The van der Waals surface area contributed by atoms with E-state index in [0.717, 1.165) is 12.8 Å². The van der Waals surface area contributed by atoms with Crippen molar-refractivity contribution in [3.8, 4) is 0 Å². The van der Waals surface area contributed by atoms with Gasteiger partial charge < -0.3 is 0 Å². The third-order valence-electron chi connectivity index (χ3n) is 3.27. The highest BCUT2D eigenvalue weighted by molar-refractivity contribution is 7.89. The lowest BCUT2D eigenvalue weighted by atomic mass is 10.0. The van der Waals surface area contributed by atoms with Gasteiger partial charge in [-0.2, -0.15) is 9.30 Å². The van der Waals surface area contributed by atoms with Crippen molar-refractivity contribution in [3.63, 3.8) is 0 Å². The van der Waals surface area contributed by atoms with E-state index in [1.807, 2.05) is 0 Å². The van der Waals surface area contributed by atoms with Crippen LogP contribution in [0.3, 0.4) is 0 Å². The summed E-state index contributed by atoms with van der Waals surface area (Å²) >= 11 is 4.51. The highest BCUT2D eigenvalue weighted by atomic mass is 32.2. The smallest absolute Gasteiger partial charge is 0.207 e. The molecule has 0 unspecified atom stereocenters. The largest absolute Gasteiger partial charge is 0.243 e. The highest BCUT2D eigenvalue weighted by Gasteiger charge is 2.28. The Morgan fingerprint density at radius 3 is 2.63 bits per heavy atom. The fourth-order valence-electron chi connectivity index (χ4n) is 2.26. The molecule has 1 atom stereocenters. The molecule has 0 aromatic heterocycles. The number of aliphatic imine (C=N–C) groups is 1. The van der Waals surface area contributed by atoms with Crippen LogP contribution in [0.25, 0.3) is 0 Å². The van der Waals surface area contributed by atoms with Crippen molar-refractivity contribution >= 4 is 33.1 Å². The Morgan fingerprint density at radius 2 is 2.05 bits per heavy atom. The summed E-state index contributed by atoms with van der Waals surface area (Å²) < 4.78 is 26.5. The molecule has 0 radical (unpaired) electrons. The van der Waals surface area contributed by atoms with Crippen molar-refractivity contribution in [2.45, 2.75) is 24.7 Å². The van der Waals surface area contributed by atoms with Gasteiger partial charge >= 0.3 is 0 Å². The summed E-state index contributed by atoms with van der Waals surface area (Å²) in [6.45, 7) is 3.29. The summed E-state index contributed by atoms with van der Waals surface area (Å²) in [5.74, 6) is 0.419. The Bertz CT molecular complexity index is 590. The maximum Gasteiger partial charge on any atom is 0.243 e. The Hall–Kier alpha value is -1.07. The number of benzene rings is 1. The minimum Gasteiger partial charge on any atom is -0.207 e. The number of sulfonamides is 1. The van der Waals surface area contributed by atoms with Gasteiger partial charge in [0.25, 0.3) is 0 Å². The standard InChI is InChI=1S/C13H16N2O2S2/c1-11-3-2-8-15(9-11)19(16,17)13-6-4-12(5-7-13)14-10-18/h4-7,11H,2-3,8-9H2,1H3/t11-/m1/s1. The number of piperidine rings is 1. The maximum atomic E-state index is 12.5. The minimum atomic E-state index is -3.38. The molecule has 2 rings (SSSR count). The van der Waals surface area contributed by atoms with Gasteiger partial charge in [0, 0.05) is 13.1 Å². The first kappa shape index (κ1) is 14.3. The SMILES string of the molecule is C[C@@H]1CCCN(S(=O)(=O)c2ccc(N=C=S)cc2)C1. The average Bonchev–Trinajstić information content (AvgIpc) is 2.40. The second-order valence-corrected chi connectivity index (χ2v) is 6.93. The zero-order valence-corrected chi connectivity index (χ0v) is 12.4. The molecule has 4 nitrogen and oxygen atoms in total. The van der Waals surface area contributed by atoms with E-state index in [0.29, 0.717) is 29.6 Å². The van der Waals surface area contributed by atoms with E-state index < -0.39 is 10.0 Å². The quantitative estimate of drug-likeness (QED) is 0.636. The molecule has 1 aromatic rings. The first-order chi connectivity index (χ1) is 9.04. The van der Waals surface area contributed by atoms with Crippen LogP contribution in [0.1, 0.15) is 19.8 Å². The van der Waals surface area contributed by atoms with Crippen LogP contribution in [0.15, 0.2) is 34.2 Å². The van der Waals surface area contributed by atoms with Gasteiger partial charge in [-0.3, -0.25) is 0 Å². The lowest BCUT2D eigenvalue weighted by Crippen LogP contribution is -2.39. The molecule has 1 fully saturated rings. The molecular formula is C13H16N2O2S2. The van der Waals surface area contributed by atoms with Crippen molar-refractivity contribution in [2.24, 2.45) is 10.9 Å². The van der Waals surface area contributed by atoms with Crippen LogP contribution in [-0.4, -0.2) is 31.0 Å². The molecule has 102 valence electrons. The number of hydrogen-bond donors (Lipinski definition) is 0. The molecule has 1 aromatic carbocycles. The molecule has 1 heterocycles. The molecule has 1 aliphatic rings. The lowest BCUT2D eigenvalue weighted by Gasteiger charge is -2.30. The number of isothiocyanates is 1. The summed E-state index contributed by atoms with van der Waals surface area (Å²) in [5, 5.41) is 2.26. The highest BCUT2D eigenvalue weighted by Crippen LogP contribution is 2.24. The van der Waals surface area contributed by atoms with Gasteiger partial charge in [0.15, 0.2) is 0 Å². The van der Waals surface area contributed by atoms with Gasteiger partial charge in [-0.15, -0.1) is 0 Å². The van der Waals surface area contributed by atoms with Crippen molar-refractivity contribution in [2.75, 3.05) is 13.1 Å². The van der Waals surface area contributed by atoms with Crippen molar-refractivity contribution < 1.29 is 8.42 Å². The summed E-state index contributed by atoms with van der Waals surface area (Å²) in [6.07, 6.45) is 2.02. The maximum absolute atomic E-state index is 12.5. The van der Waals surface area contributed by atoms with Crippen LogP contribution in [0, 0.1) is 5.92 Å². The second-order valence-electron chi connectivity index (χ2n) is 4.81. The summed E-state index contributed by atoms with van der Waals surface area (Å²) in [5.41, 5.74) is 0.612. The zero-order chi connectivity index (χ0) is 13.9. The monoisotopic (exact) mass is 296 g/mol. The predicted octanol–water partition coefficient (Wildman–Crippen LogP) is 2.84. The van der Waals surface area contributed by atoms with Gasteiger partial charge in [0.2, 0.25) is 10.0 Å². The zero-order valence-electron chi connectivity index (χ0n) is 10.7. The van der Waals surface area contributed by atoms with Gasteiger partial charge in [0.1, 0.15) is 0 Å². The van der Waals surface area contributed by atoms with E-state index in [1.54, 1.807) is 28.6 Å². The molecule has 1 aliphatic heterocycles. The molecule has 6 heteroatoms. The molecule has 19 heavy (non-hydrogen) atoms. The van der Waals surface area contributed by atoms with Gasteiger partial charge in [0.05, 0.1) is 15.7 Å². The first-order valence-corrected chi connectivity index (χ1v) is 8.07. The van der Waals surface area contributed by atoms with Crippen LogP contribution in [-0.2, 0) is 10.0 Å². The molecule has 0 N–H and O–H groups in total. The van der Waals surface area contributed by atoms with Crippen molar-refractivity contribution in [3.05, 3.63) is 24.3 Å². The fourth-order valence-corrected chi connectivity index (χ4v) is 3.96. The van der Waals surface area contributed by atoms with E-state index in [9.17, 15) is 8.42 Å². The number of thiocarbonyl (C=S) groups is 1. The Labute approximate surface area is 119 Å². The molecule has 0 bridgehead atoms. The summed E-state index contributed by atoms with van der Waals surface area (Å²) in [4.78, 5) is 4.12. The predicted molar refractivity (Wildman–Crippen MR) is 78.3 cm³/mol. The van der Waals surface area contributed by atoms with Crippen LogP contribution in [0.5, 0.6) is 0 Å². The summed E-state index contributed by atoms with van der Waals surface area (Å²) in [7, 11) is -3.38. The number of nitrogens with zero attached hydrogens (tertiary/aromatic N) is 2. The average molecular weight is 296 g/mol. The minimum absolute atomic E-state index is 0.310. The molecule has 0 saturated carbocycles. The third-order valence-corrected chi connectivity index (χ3v) is 5.24. The fraction of sp³-hybridized carbons (Fsp3) is 0.462. The molecule has 0 spiro atoms. The van der Waals surface area contributed by atoms with Gasteiger partial charge in [-0.1, -0.05) is 6.92 Å². The molecule has 1 saturated heterocycles. The lowest BCUT2D eigenvalue weighted by molar-refractivity contribution is 0.281. The Morgan fingerprint density at radius 1 is 1.37 bits per heavy atom. The number of hydrogen-bond acceptors (Lipinski definition) is 4. The molecule has 0 aliphatic carbocycles. The van der Waals surface area contributed by atoms with Gasteiger partial charge in [-0.05, 0) is 55.2 Å².